The molecule has 7 heteroatoms. The average Bonchev–Trinajstić information content (AvgIpc) is 2.69. The average molecular weight is 409 g/mol. The first-order valence-electron chi connectivity index (χ1n) is 8.87. The maximum atomic E-state index is 13.8. The zero-order chi connectivity index (χ0) is 19.1. The van der Waals surface area contributed by atoms with Crippen LogP contribution in [0.15, 0.2) is 42.5 Å². The van der Waals surface area contributed by atoms with Gasteiger partial charge in [0.15, 0.2) is 0 Å². The van der Waals surface area contributed by atoms with Gasteiger partial charge in [-0.3, -0.25) is 4.90 Å². The van der Waals surface area contributed by atoms with E-state index in [1.54, 1.807) is 12.1 Å². The first kappa shape index (κ1) is 20.0. The largest absolute Gasteiger partial charge is 0.489 e. The summed E-state index contributed by atoms with van der Waals surface area (Å²) in [6.07, 6.45) is 0. The quantitative estimate of drug-likeness (QED) is 0.707. The van der Waals surface area contributed by atoms with E-state index in [1.807, 2.05) is 24.3 Å². The summed E-state index contributed by atoms with van der Waals surface area (Å²) in [6.45, 7) is 5.33. The van der Waals surface area contributed by atoms with Crippen LogP contribution < -0.4 is 10.1 Å². The molecule has 1 fully saturated rings. The van der Waals surface area contributed by atoms with E-state index in [0.717, 1.165) is 45.0 Å². The fraction of sp³-hybridized carbons (Fsp3) is 0.350. The van der Waals surface area contributed by atoms with Crippen LogP contribution in [0.3, 0.4) is 0 Å². The Labute approximate surface area is 169 Å². The normalized spacial score (nSPS) is 14.7. The van der Waals surface area contributed by atoms with Gasteiger partial charge in [0.2, 0.25) is 0 Å². The number of ether oxygens (including phenoxy) is 2. The molecule has 144 valence electrons. The molecule has 0 unspecified atom stereocenters. The van der Waals surface area contributed by atoms with E-state index in [4.69, 9.17) is 33.3 Å². The zero-order valence-corrected chi connectivity index (χ0v) is 16.5. The van der Waals surface area contributed by atoms with Gasteiger partial charge in [-0.05, 0) is 36.4 Å². The van der Waals surface area contributed by atoms with E-state index >= 15 is 0 Å². The Morgan fingerprint density at radius 2 is 1.93 bits per heavy atom. The van der Waals surface area contributed by atoms with Gasteiger partial charge in [-0.1, -0.05) is 29.9 Å². The molecule has 0 bridgehead atoms. The molecule has 27 heavy (non-hydrogen) atoms. The molecule has 4 nitrogen and oxygen atoms in total. The van der Waals surface area contributed by atoms with Crippen LogP contribution in [0.5, 0.6) is 5.75 Å². The predicted octanol–water partition coefficient (Wildman–Crippen LogP) is 3.66. The first-order chi connectivity index (χ1) is 13.1. The molecule has 0 amide bonds. The second-order valence-electron chi connectivity index (χ2n) is 6.22. The number of thiocarbonyl (C=S) groups is 1. The summed E-state index contributed by atoms with van der Waals surface area (Å²) in [6, 6.07) is 12.0. The summed E-state index contributed by atoms with van der Waals surface area (Å²) in [5.74, 6) is 0.263. The van der Waals surface area contributed by atoms with Crippen LogP contribution >= 0.6 is 23.8 Å². The summed E-state index contributed by atoms with van der Waals surface area (Å²) in [4.78, 5) is 3.05. The van der Waals surface area contributed by atoms with Crippen LogP contribution in [0, 0.1) is 5.82 Å². The fourth-order valence-electron chi connectivity index (χ4n) is 2.78. The third-order valence-corrected chi connectivity index (χ3v) is 5.11. The van der Waals surface area contributed by atoms with Crippen molar-refractivity contribution >= 4 is 28.8 Å². The van der Waals surface area contributed by atoms with Gasteiger partial charge >= 0.3 is 0 Å². The van der Waals surface area contributed by atoms with Crippen molar-refractivity contribution in [1.29, 1.82) is 0 Å². The van der Waals surface area contributed by atoms with Crippen LogP contribution in [0.1, 0.15) is 11.1 Å². The van der Waals surface area contributed by atoms with E-state index in [2.05, 4.69) is 10.2 Å². The van der Waals surface area contributed by atoms with Gasteiger partial charge < -0.3 is 14.8 Å². The molecule has 0 atom stereocenters. The van der Waals surface area contributed by atoms with Crippen LogP contribution in [0.2, 0.25) is 5.02 Å². The lowest BCUT2D eigenvalue weighted by Crippen LogP contribution is -2.41. The van der Waals surface area contributed by atoms with Crippen molar-refractivity contribution < 1.29 is 13.9 Å². The second kappa shape index (κ2) is 9.99. The van der Waals surface area contributed by atoms with E-state index < -0.39 is 0 Å². The molecule has 2 aromatic rings. The molecule has 1 N–H and O–H groups in total. The van der Waals surface area contributed by atoms with Crippen molar-refractivity contribution in [2.24, 2.45) is 0 Å². The standard InChI is InChI=1S/C20H22ClFN2O2S/c21-18-2-1-3-19(22)17(18)14-26-16-6-4-15(5-7-16)20(27)23-8-9-24-10-12-25-13-11-24/h1-7H,8-14H2,(H,23,27). The monoisotopic (exact) mass is 408 g/mol. The lowest BCUT2D eigenvalue weighted by atomic mass is 10.2. The van der Waals surface area contributed by atoms with Crippen molar-refractivity contribution in [2.75, 3.05) is 39.4 Å². The maximum absolute atomic E-state index is 13.8. The van der Waals surface area contributed by atoms with E-state index in [0.29, 0.717) is 21.3 Å². The molecule has 1 aliphatic rings. The van der Waals surface area contributed by atoms with Gasteiger partial charge in [-0.2, -0.15) is 0 Å². The Hall–Kier alpha value is -1.73. The minimum absolute atomic E-state index is 0.0765. The molecular formula is C20H22ClFN2O2S. The van der Waals surface area contributed by atoms with Crippen LogP contribution in [0.4, 0.5) is 4.39 Å². The lowest BCUT2D eigenvalue weighted by molar-refractivity contribution is 0.0389. The minimum Gasteiger partial charge on any atom is -0.489 e. The van der Waals surface area contributed by atoms with Crippen LogP contribution in [-0.2, 0) is 11.3 Å². The van der Waals surface area contributed by atoms with Crippen molar-refractivity contribution in [3.05, 3.63) is 64.4 Å². The highest BCUT2D eigenvalue weighted by molar-refractivity contribution is 7.80. The Morgan fingerprint density at radius 3 is 2.63 bits per heavy atom. The van der Waals surface area contributed by atoms with Gasteiger partial charge in [0.25, 0.3) is 0 Å². The van der Waals surface area contributed by atoms with Crippen molar-refractivity contribution in [1.82, 2.24) is 10.2 Å². The molecule has 1 aliphatic heterocycles. The molecule has 0 radical (unpaired) electrons. The number of nitrogens with one attached hydrogen (secondary N) is 1. The Kier molecular flexibility index (Phi) is 7.41. The topological polar surface area (TPSA) is 33.7 Å². The molecule has 1 saturated heterocycles. The third-order valence-electron chi connectivity index (χ3n) is 4.38. The Balaban J connectivity index is 1.47. The van der Waals surface area contributed by atoms with Crippen molar-refractivity contribution in [3.8, 4) is 5.75 Å². The number of rotatable bonds is 7. The summed E-state index contributed by atoms with van der Waals surface area (Å²) in [5, 5.41) is 3.64. The molecule has 0 spiro atoms. The highest BCUT2D eigenvalue weighted by Gasteiger charge is 2.10. The molecule has 0 aliphatic carbocycles. The van der Waals surface area contributed by atoms with Gasteiger partial charge in [0.1, 0.15) is 23.2 Å². The summed E-state index contributed by atoms with van der Waals surface area (Å²) in [5.41, 5.74) is 1.27. The highest BCUT2D eigenvalue weighted by Crippen LogP contribution is 2.21. The van der Waals surface area contributed by atoms with Crippen molar-refractivity contribution in [2.45, 2.75) is 6.61 Å². The van der Waals surface area contributed by atoms with Gasteiger partial charge in [-0.15, -0.1) is 0 Å². The number of hydrogen-bond donors (Lipinski definition) is 1. The zero-order valence-electron chi connectivity index (χ0n) is 14.9. The SMILES string of the molecule is Fc1cccc(Cl)c1COc1ccc(C(=S)NCCN2CCOCC2)cc1. The number of hydrogen-bond acceptors (Lipinski definition) is 4. The summed E-state index contributed by atoms with van der Waals surface area (Å²) in [7, 11) is 0. The minimum atomic E-state index is -0.371. The van der Waals surface area contributed by atoms with Gasteiger partial charge in [-0.25, -0.2) is 4.39 Å². The lowest BCUT2D eigenvalue weighted by Gasteiger charge is -2.26. The van der Waals surface area contributed by atoms with E-state index in [-0.39, 0.29) is 12.4 Å². The number of benzene rings is 2. The number of nitrogens with zero attached hydrogens (tertiary/aromatic N) is 1. The van der Waals surface area contributed by atoms with Crippen LogP contribution in [-0.4, -0.2) is 49.3 Å². The molecule has 2 aromatic carbocycles. The smallest absolute Gasteiger partial charge is 0.131 e. The summed E-state index contributed by atoms with van der Waals surface area (Å²) < 4.78 is 24.8. The Bertz CT molecular complexity index is 747. The van der Waals surface area contributed by atoms with Gasteiger partial charge in [0.05, 0.1) is 18.2 Å². The molecule has 3 rings (SSSR count). The number of halogens is 2. The third kappa shape index (κ3) is 5.87. The fourth-order valence-corrected chi connectivity index (χ4v) is 3.24. The van der Waals surface area contributed by atoms with Gasteiger partial charge in [0, 0.05) is 37.3 Å². The Morgan fingerprint density at radius 1 is 1.19 bits per heavy atom. The predicted molar refractivity (Wildman–Crippen MR) is 109 cm³/mol. The maximum Gasteiger partial charge on any atom is 0.131 e. The highest BCUT2D eigenvalue weighted by atomic mass is 35.5. The molecular weight excluding hydrogens is 387 g/mol. The molecule has 1 heterocycles. The molecule has 0 aromatic heterocycles. The summed E-state index contributed by atoms with van der Waals surface area (Å²) >= 11 is 11.5. The van der Waals surface area contributed by atoms with E-state index in [1.165, 1.54) is 6.07 Å². The molecule has 0 saturated carbocycles. The van der Waals surface area contributed by atoms with Crippen LogP contribution in [0.25, 0.3) is 0 Å². The first-order valence-corrected chi connectivity index (χ1v) is 9.66. The van der Waals surface area contributed by atoms with Crippen molar-refractivity contribution in [3.63, 3.8) is 0 Å². The second-order valence-corrected chi connectivity index (χ2v) is 7.04. The number of morpholine rings is 1. The van der Waals surface area contributed by atoms with E-state index in [9.17, 15) is 4.39 Å².